The van der Waals surface area contributed by atoms with E-state index in [1.165, 1.54) is 0 Å². The zero-order valence-corrected chi connectivity index (χ0v) is 20.0. The molecular formula is C24H28N2O6S. The molecule has 0 aliphatic carbocycles. The third-order valence-corrected chi connectivity index (χ3v) is 7.26. The molecular weight excluding hydrogens is 444 g/mol. The molecule has 2 saturated heterocycles. The van der Waals surface area contributed by atoms with Gasteiger partial charge in [-0.2, -0.15) is 0 Å². The first-order valence-electron chi connectivity index (χ1n) is 10.7. The fraction of sp³-hybridized carbons (Fsp3) is 0.417. The van der Waals surface area contributed by atoms with Gasteiger partial charge >= 0.3 is 0 Å². The monoisotopic (exact) mass is 472 g/mol. The van der Waals surface area contributed by atoms with Crippen LogP contribution in [0.2, 0.25) is 0 Å². The minimum Gasteiger partial charge on any atom is -0.497 e. The molecule has 2 aliphatic rings. The van der Waals surface area contributed by atoms with Gasteiger partial charge in [0, 0.05) is 48.6 Å². The average molecular weight is 473 g/mol. The zero-order valence-electron chi connectivity index (χ0n) is 19.2. The van der Waals surface area contributed by atoms with Crippen LogP contribution in [0.3, 0.4) is 0 Å². The van der Waals surface area contributed by atoms with E-state index in [1.807, 2.05) is 35.2 Å². The molecule has 2 aromatic rings. The molecule has 2 amide bonds. The summed E-state index contributed by atoms with van der Waals surface area (Å²) in [6.07, 6.45) is 0.187. The molecule has 176 valence electrons. The number of carbonyl (C=O) groups excluding carboxylic acids is 2. The standard InChI is InChI=1S/C24H28N2O6S/c1-29-17-7-5-6-16(11-17)26-14-15(10-22(26)27)23(28)25-8-9-33-24(25)18-12-20(31-3)21(32-4)13-19(18)30-2/h5-7,11-13,15,24H,8-10,14H2,1-4H3. The van der Waals surface area contributed by atoms with Crippen molar-refractivity contribution in [1.82, 2.24) is 4.90 Å². The van der Waals surface area contributed by atoms with Crippen molar-refractivity contribution in [1.29, 1.82) is 0 Å². The van der Waals surface area contributed by atoms with Gasteiger partial charge in [-0.3, -0.25) is 9.59 Å². The number of methoxy groups -OCH3 is 4. The fourth-order valence-electron chi connectivity index (χ4n) is 4.33. The van der Waals surface area contributed by atoms with Crippen LogP contribution in [0, 0.1) is 5.92 Å². The Morgan fingerprint density at radius 1 is 0.970 bits per heavy atom. The van der Waals surface area contributed by atoms with Crippen molar-refractivity contribution in [2.45, 2.75) is 11.8 Å². The molecule has 8 nitrogen and oxygen atoms in total. The van der Waals surface area contributed by atoms with E-state index < -0.39 is 5.92 Å². The fourth-order valence-corrected chi connectivity index (χ4v) is 5.61. The van der Waals surface area contributed by atoms with E-state index >= 15 is 0 Å². The Hall–Kier alpha value is -3.07. The summed E-state index contributed by atoms with van der Waals surface area (Å²) >= 11 is 1.67. The van der Waals surface area contributed by atoms with Crippen LogP contribution in [-0.4, -0.2) is 64.0 Å². The summed E-state index contributed by atoms with van der Waals surface area (Å²) in [6.45, 7) is 0.956. The second-order valence-corrected chi connectivity index (χ2v) is 9.00. The van der Waals surface area contributed by atoms with E-state index in [-0.39, 0.29) is 23.6 Å². The smallest absolute Gasteiger partial charge is 0.229 e. The summed E-state index contributed by atoms with van der Waals surface area (Å²) in [5.74, 6) is 2.75. The minimum atomic E-state index is -0.406. The van der Waals surface area contributed by atoms with Gasteiger partial charge in [-0.05, 0) is 18.2 Å². The van der Waals surface area contributed by atoms with Gasteiger partial charge in [0.1, 0.15) is 16.9 Å². The number of amides is 2. The molecule has 2 heterocycles. The number of thioether (sulfide) groups is 1. The summed E-state index contributed by atoms with van der Waals surface area (Å²) in [4.78, 5) is 29.9. The van der Waals surface area contributed by atoms with E-state index in [2.05, 4.69) is 0 Å². The lowest BCUT2D eigenvalue weighted by Gasteiger charge is -2.28. The highest BCUT2D eigenvalue weighted by Gasteiger charge is 2.41. The van der Waals surface area contributed by atoms with Crippen molar-refractivity contribution in [2.24, 2.45) is 5.92 Å². The van der Waals surface area contributed by atoms with Crippen LogP contribution in [-0.2, 0) is 9.59 Å². The van der Waals surface area contributed by atoms with Gasteiger partial charge in [-0.1, -0.05) is 6.07 Å². The Morgan fingerprint density at radius 2 is 1.70 bits per heavy atom. The maximum atomic E-state index is 13.6. The van der Waals surface area contributed by atoms with Gasteiger partial charge in [0.15, 0.2) is 11.5 Å². The molecule has 0 saturated carbocycles. The number of rotatable bonds is 7. The Labute approximate surface area is 197 Å². The summed E-state index contributed by atoms with van der Waals surface area (Å²) in [5, 5.41) is -0.228. The third-order valence-electron chi connectivity index (χ3n) is 6.02. The second-order valence-electron chi connectivity index (χ2n) is 7.81. The predicted octanol–water partition coefficient (Wildman–Crippen LogP) is 3.35. The van der Waals surface area contributed by atoms with Gasteiger partial charge < -0.3 is 28.7 Å². The molecule has 0 N–H and O–H groups in total. The quantitative estimate of drug-likeness (QED) is 0.612. The van der Waals surface area contributed by atoms with Crippen LogP contribution in [0.4, 0.5) is 5.69 Å². The first-order valence-corrected chi connectivity index (χ1v) is 11.7. The lowest BCUT2D eigenvalue weighted by molar-refractivity contribution is -0.136. The van der Waals surface area contributed by atoms with Gasteiger partial charge in [-0.25, -0.2) is 0 Å². The first-order chi connectivity index (χ1) is 16.0. The van der Waals surface area contributed by atoms with Gasteiger partial charge in [-0.15, -0.1) is 11.8 Å². The van der Waals surface area contributed by atoms with Crippen molar-refractivity contribution in [3.05, 3.63) is 42.0 Å². The van der Waals surface area contributed by atoms with Crippen LogP contribution < -0.4 is 23.8 Å². The van der Waals surface area contributed by atoms with Crippen LogP contribution >= 0.6 is 11.8 Å². The molecule has 33 heavy (non-hydrogen) atoms. The zero-order chi connectivity index (χ0) is 23.5. The average Bonchev–Trinajstić information content (AvgIpc) is 3.49. The molecule has 0 radical (unpaired) electrons. The molecule has 0 bridgehead atoms. The van der Waals surface area contributed by atoms with Crippen molar-refractivity contribution in [3.8, 4) is 23.0 Å². The lowest BCUT2D eigenvalue weighted by Crippen LogP contribution is -2.37. The minimum absolute atomic E-state index is 0.0272. The molecule has 9 heteroatoms. The topological polar surface area (TPSA) is 77.5 Å². The molecule has 2 unspecified atom stereocenters. The molecule has 0 aromatic heterocycles. The highest BCUT2D eigenvalue weighted by Crippen LogP contribution is 2.46. The number of carbonyl (C=O) groups is 2. The molecule has 0 spiro atoms. The Kier molecular flexibility index (Phi) is 6.88. The van der Waals surface area contributed by atoms with E-state index in [0.29, 0.717) is 36.1 Å². The third kappa shape index (κ3) is 4.42. The van der Waals surface area contributed by atoms with Gasteiger partial charge in [0.05, 0.1) is 34.4 Å². The number of nitrogens with zero attached hydrogens (tertiary/aromatic N) is 2. The molecule has 4 rings (SSSR count). The van der Waals surface area contributed by atoms with Gasteiger partial charge in [0.2, 0.25) is 11.8 Å². The van der Waals surface area contributed by atoms with E-state index in [1.54, 1.807) is 51.2 Å². The number of hydrogen-bond donors (Lipinski definition) is 0. The van der Waals surface area contributed by atoms with Crippen molar-refractivity contribution >= 4 is 29.3 Å². The summed E-state index contributed by atoms with van der Waals surface area (Å²) in [6, 6.07) is 11.0. The maximum absolute atomic E-state index is 13.6. The van der Waals surface area contributed by atoms with Crippen LogP contribution in [0.25, 0.3) is 0 Å². The predicted molar refractivity (Wildman–Crippen MR) is 126 cm³/mol. The Morgan fingerprint density at radius 3 is 2.39 bits per heavy atom. The van der Waals surface area contributed by atoms with Crippen LogP contribution in [0.5, 0.6) is 23.0 Å². The van der Waals surface area contributed by atoms with Crippen LogP contribution in [0.1, 0.15) is 17.4 Å². The summed E-state index contributed by atoms with van der Waals surface area (Å²) in [7, 11) is 6.33. The largest absolute Gasteiger partial charge is 0.497 e. The first kappa shape index (κ1) is 23.1. The van der Waals surface area contributed by atoms with E-state index in [9.17, 15) is 9.59 Å². The highest BCUT2D eigenvalue weighted by molar-refractivity contribution is 7.99. The number of ether oxygens (including phenoxy) is 4. The van der Waals surface area contributed by atoms with E-state index in [0.717, 1.165) is 17.0 Å². The summed E-state index contributed by atoms with van der Waals surface area (Å²) < 4.78 is 21.7. The SMILES string of the molecule is COc1cccc(N2CC(C(=O)N3CCSC3c3cc(OC)c(OC)cc3OC)CC2=O)c1. The Bertz CT molecular complexity index is 1050. The number of benzene rings is 2. The molecule has 2 aromatic carbocycles. The van der Waals surface area contributed by atoms with E-state index in [4.69, 9.17) is 18.9 Å². The summed E-state index contributed by atoms with van der Waals surface area (Å²) in [5.41, 5.74) is 1.59. The van der Waals surface area contributed by atoms with Crippen LogP contribution in [0.15, 0.2) is 36.4 Å². The Balaban J connectivity index is 1.57. The maximum Gasteiger partial charge on any atom is 0.229 e. The second kappa shape index (κ2) is 9.82. The van der Waals surface area contributed by atoms with Crippen molar-refractivity contribution in [2.75, 3.05) is 52.2 Å². The van der Waals surface area contributed by atoms with Crippen molar-refractivity contribution in [3.63, 3.8) is 0 Å². The number of anilines is 1. The lowest BCUT2D eigenvalue weighted by atomic mass is 10.1. The molecule has 2 aliphatic heterocycles. The highest BCUT2D eigenvalue weighted by atomic mass is 32.2. The van der Waals surface area contributed by atoms with Gasteiger partial charge in [0.25, 0.3) is 0 Å². The normalized spacial score (nSPS) is 20.2. The molecule has 2 fully saturated rings. The molecule has 2 atom stereocenters. The van der Waals surface area contributed by atoms with Crippen molar-refractivity contribution < 1.29 is 28.5 Å². The number of hydrogen-bond acceptors (Lipinski definition) is 7.